The molecule has 2 aromatic rings. The third-order valence-electron chi connectivity index (χ3n) is 4.57. The monoisotopic (exact) mass is 398 g/mol. The predicted octanol–water partition coefficient (Wildman–Crippen LogP) is 3.61. The van der Waals surface area contributed by atoms with Crippen molar-refractivity contribution in [3.8, 4) is 0 Å². The fraction of sp³-hybridized carbons (Fsp3) is 0.429. The average Bonchev–Trinajstić information content (AvgIpc) is 2.67. The summed E-state index contributed by atoms with van der Waals surface area (Å²) in [6.45, 7) is 8.36. The highest BCUT2D eigenvalue weighted by Crippen LogP contribution is 2.28. The van der Waals surface area contributed by atoms with Gasteiger partial charge in [-0.05, 0) is 51.8 Å². The van der Waals surface area contributed by atoms with E-state index in [1.54, 1.807) is 17.0 Å². The van der Waals surface area contributed by atoms with Gasteiger partial charge in [0.25, 0.3) is 0 Å². The van der Waals surface area contributed by atoms with E-state index in [0.717, 1.165) is 22.5 Å². The summed E-state index contributed by atoms with van der Waals surface area (Å²) < 4.78 is 10.3. The number of aryl methyl sites for hydroxylation is 1. The Hall–Kier alpha value is -3.16. The highest BCUT2D eigenvalue weighted by atomic mass is 16.6. The van der Waals surface area contributed by atoms with Crippen molar-refractivity contribution in [3.05, 3.63) is 46.9 Å². The summed E-state index contributed by atoms with van der Waals surface area (Å²) in [4.78, 5) is 34.6. The molecule has 1 amide bonds. The minimum Gasteiger partial charge on any atom is -0.465 e. The quantitative estimate of drug-likeness (QED) is 0.789. The Morgan fingerprint density at radius 2 is 1.97 bits per heavy atom. The summed E-state index contributed by atoms with van der Waals surface area (Å²) >= 11 is 0. The second kappa shape index (κ2) is 8.06. The van der Waals surface area contributed by atoms with E-state index in [9.17, 15) is 9.59 Å². The van der Waals surface area contributed by atoms with Crippen LogP contribution in [0, 0.1) is 6.92 Å². The van der Waals surface area contributed by atoms with Crippen LogP contribution >= 0.6 is 0 Å². The van der Waals surface area contributed by atoms with Crippen molar-refractivity contribution >= 4 is 23.6 Å². The van der Waals surface area contributed by atoms with Crippen molar-refractivity contribution in [2.24, 2.45) is 0 Å². The summed E-state index contributed by atoms with van der Waals surface area (Å²) in [5.41, 5.74) is 3.38. The molecule has 0 atom stereocenters. The molecule has 1 aliphatic rings. The Bertz CT molecular complexity index is 937. The van der Waals surface area contributed by atoms with Gasteiger partial charge >= 0.3 is 12.1 Å². The highest BCUT2D eigenvalue weighted by Gasteiger charge is 2.28. The van der Waals surface area contributed by atoms with Gasteiger partial charge in [0.05, 0.1) is 24.9 Å². The second-order valence-electron chi connectivity index (χ2n) is 7.95. The van der Waals surface area contributed by atoms with Crippen molar-refractivity contribution in [1.82, 2.24) is 14.9 Å². The van der Waals surface area contributed by atoms with Gasteiger partial charge in [0.15, 0.2) is 0 Å². The Morgan fingerprint density at radius 3 is 2.66 bits per heavy atom. The number of amides is 1. The van der Waals surface area contributed by atoms with Crippen LogP contribution in [0.25, 0.3) is 0 Å². The van der Waals surface area contributed by atoms with Crippen LogP contribution in [0.3, 0.4) is 0 Å². The first kappa shape index (κ1) is 20.6. The molecular formula is C21H26N4O4. The Balaban J connectivity index is 1.82. The number of benzene rings is 1. The van der Waals surface area contributed by atoms with Crippen LogP contribution < -0.4 is 5.32 Å². The Morgan fingerprint density at radius 1 is 1.21 bits per heavy atom. The van der Waals surface area contributed by atoms with E-state index in [0.29, 0.717) is 30.9 Å². The second-order valence-corrected chi connectivity index (χ2v) is 7.95. The van der Waals surface area contributed by atoms with Crippen molar-refractivity contribution in [2.45, 2.75) is 46.3 Å². The summed E-state index contributed by atoms with van der Waals surface area (Å²) in [5.74, 6) is 0.273. The number of methoxy groups -OCH3 is 1. The van der Waals surface area contributed by atoms with Gasteiger partial charge in [-0.25, -0.2) is 19.6 Å². The molecule has 8 nitrogen and oxygen atoms in total. The SMILES string of the molecule is COC(=O)c1ccc(C)c(Nc2ncnc3c2CCN(C(=O)OC(C)(C)C)C3)c1. The van der Waals surface area contributed by atoms with E-state index in [4.69, 9.17) is 9.47 Å². The molecule has 154 valence electrons. The maximum Gasteiger partial charge on any atom is 0.410 e. The topological polar surface area (TPSA) is 93.6 Å². The molecule has 0 aliphatic carbocycles. The average molecular weight is 398 g/mol. The maximum absolute atomic E-state index is 12.4. The van der Waals surface area contributed by atoms with Gasteiger partial charge in [-0.2, -0.15) is 0 Å². The molecule has 1 aliphatic heterocycles. The zero-order valence-electron chi connectivity index (χ0n) is 17.4. The van der Waals surface area contributed by atoms with E-state index in [1.807, 2.05) is 33.8 Å². The molecule has 0 fully saturated rings. The minimum atomic E-state index is -0.544. The Labute approximate surface area is 170 Å². The van der Waals surface area contributed by atoms with E-state index in [-0.39, 0.29) is 6.09 Å². The number of nitrogens with zero attached hydrogens (tertiary/aromatic N) is 3. The van der Waals surface area contributed by atoms with E-state index >= 15 is 0 Å². The lowest BCUT2D eigenvalue weighted by molar-refractivity contribution is 0.0220. The molecule has 0 saturated carbocycles. The van der Waals surface area contributed by atoms with Gasteiger partial charge in [0, 0.05) is 17.8 Å². The predicted molar refractivity (Wildman–Crippen MR) is 108 cm³/mol. The lowest BCUT2D eigenvalue weighted by atomic mass is 10.0. The van der Waals surface area contributed by atoms with Gasteiger partial charge in [0.1, 0.15) is 17.7 Å². The van der Waals surface area contributed by atoms with Crippen LogP contribution in [0.2, 0.25) is 0 Å². The molecule has 0 unspecified atom stereocenters. The normalized spacial score (nSPS) is 13.5. The number of ether oxygens (including phenoxy) is 2. The molecule has 0 spiro atoms. The third-order valence-corrected chi connectivity index (χ3v) is 4.57. The highest BCUT2D eigenvalue weighted by molar-refractivity contribution is 5.91. The molecule has 1 aromatic heterocycles. The van der Waals surface area contributed by atoms with Crippen LogP contribution in [-0.2, 0) is 22.4 Å². The number of anilines is 2. The first-order chi connectivity index (χ1) is 13.7. The van der Waals surface area contributed by atoms with E-state index in [1.165, 1.54) is 13.4 Å². The first-order valence-corrected chi connectivity index (χ1v) is 9.44. The number of rotatable bonds is 3. The van der Waals surface area contributed by atoms with Gasteiger partial charge in [-0.15, -0.1) is 0 Å². The number of hydrogen-bond acceptors (Lipinski definition) is 7. The number of fused-ring (bicyclic) bond motifs is 1. The van der Waals surface area contributed by atoms with Crippen LogP contribution in [0.5, 0.6) is 0 Å². The lowest BCUT2D eigenvalue weighted by Gasteiger charge is -2.31. The number of aromatic nitrogens is 2. The molecule has 3 rings (SSSR count). The number of nitrogens with one attached hydrogen (secondary N) is 1. The van der Waals surface area contributed by atoms with E-state index in [2.05, 4.69) is 15.3 Å². The van der Waals surface area contributed by atoms with Gasteiger partial charge < -0.3 is 19.7 Å². The number of hydrogen-bond donors (Lipinski definition) is 1. The molecule has 0 saturated heterocycles. The molecule has 1 N–H and O–H groups in total. The standard InChI is InChI=1S/C21H26N4O4/c1-13-6-7-14(19(26)28-5)10-16(13)24-18-15-8-9-25(11-17(15)22-12-23-18)20(27)29-21(2,3)4/h6-7,10,12H,8-9,11H2,1-5H3,(H,22,23,24). The zero-order valence-corrected chi connectivity index (χ0v) is 17.4. The van der Waals surface area contributed by atoms with Crippen LogP contribution in [-0.4, -0.2) is 46.2 Å². The first-order valence-electron chi connectivity index (χ1n) is 9.44. The van der Waals surface area contributed by atoms with Gasteiger partial charge in [-0.3, -0.25) is 0 Å². The van der Waals surface area contributed by atoms with E-state index < -0.39 is 11.6 Å². The number of esters is 1. The van der Waals surface area contributed by atoms with Gasteiger partial charge in [-0.1, -0.05) is 6.07 Å². The van der Waals surface area contributed by atoms with Crippen LogP contribution in [0.4, 0.5) is 16.3 Å². The maximum atomic E-state index is 12.4. The number of carbonyl (C=O) groups excluding carboxylic acids is 2. The molecule has 29 heavy (non-hydrogen) atoms. The molecule has 0 radical (unpaired) electrons. The summed E-state index contributed by atoms with van der Waals surface area (Å²) in [6, 6.07) is 5.32. The van der Waals surface area contributed by atoms with Crippen LogP contribution in [0.15, 0.2) is 24.5 Å². The summed E-state index contributed by atoms with van der Waals surface area (Å²) in [5, 5.41) is 3.31. The molecule has 8 heteroatoms. The number of carbonyl (C=O) groups is 2. The molecule has 0 bridgehead atoms. The zero-order chi connectivity index (χ0) is 21.2. The smallest absolute Gasteiger partial charge is 0.410 e. The van der Waals surface area contributed by atoms with Crippen molar-refractivity contribution in [3.63, 3.8) is 0 Å². The lowest BCUT2D eigenvalue weighted by Crippen LogP contribution is -2.40. The fourth-order valence-corrected chi connectivity index (χ4v) is 3.07. The summed E-state index contributed by atoms with van der Waals surface area (Å²) in [6.07, 6.45) is 1.73. The summed E-state index contributed by atoms with van der Waals surface area (Å²) in [7, 11) is 1.35. The fourth-order valence-electron chi connectivity index (χ4n) is 3.07. The van der Waals surface area contributed by atoms with Crippen molar-refractivity contribution < 1.29 is 19.1 Å². The molecule has 1 aromatic carbocycles. The minimum absolute atomic E-state index is 0.349. The molecule has 2 heterocycles. The van der Waals surface area contributed by atoms with Gasteiger partial charge in [0.2, 0.25) is 0 Å². The van der Waals surface area contributed by atoms with Crippen molar-refractivity contribution in [1.29, 1.82) is 0 Å². The van der Waals surface area contributed by atoms with Crippen molar-refractivity contribution in [2.75, 3.05) is 19.0 Å². The van der Waals surface area contributed by atoms with Crippen LogP contribution in [0.1, 0.15) is 48.0 Å². The largest absolute Gasteiger partial charge is 0.465 e. The molecular weight excluding hydrogens is 372 g/mol. The Kier molecular flexibility index (Phi) is 5.72. The third kappa shape index (κ3) is 4.82.